The normalized spacial score (nSPS) is 21.6. The Morgan fingerprint density at radius 3 is 2.41 bits per heavy atom. The summed E-state index contributed by atoms with van der Waals surface area (Å²) in [6.45, 7) is 12.9. The van der Waals surface area contributed by atoms with Gasteiger partial charge in [-0.15, -0.1) is 0 Å². The van der Waals surface area contributed by atoms with Gasteiger partial charge in [-0.1, -0.05) is 19.3 Å². The van der Waals surface area contributed by atoms with Crippen molar-refractivity contribution in [3.8, 4) is 0 Å². The van der Waals surface area contributed by atoms with Crippen molar-refractivity contribution in [3.05, 3.63) is 0 Å². The Morgan fingerprint density at radius 1 is 1.15 bits per heavy atom. The summed E-state index contributed by atoms with van der Waals surface area (Å²) in [5.74, 6) is 0.377. The number of carbonyl (C=O) groups is 1. The molecule has 0 bridgehead atoms. The van der Waals surface area contributed by atoms with Crippen LogP contribution in [0, 0.1) is 0 Å². The predicted octanol–water partition coefficient (Wildman–Crippen LogP) is 1.92. The molecule has 7 heteroatoms. The van der Waals surface area contributed by atoms with Gasteiger partial charge in [0.25, 0.3) is 0 Å². The quantitative estimate of drug-likeness (QED) is 0.415. The Kier molecular flexibility index (Phi) is 8.35. The van der Waals surface area contributed by atoms with Crippen molar-refractivity contribution in [1.29, 1.82) is 0 Å². The van der Waals surface area contributed by atoms with Crippen LogP contribution >= 0.6 is 0 Å². The zero-order valence-corrected chi connectivity index (χ0v) is 17.6. The molecule has 0 aromatic carbocycles. The van der Waals surface area contributed by atoms with Gasteiger partial charge in [0.05, 0.1) is 13.2 Å². The number of ether oxygens (including phenoxy) is 2. The largest absolute Gasteiger partial charge is 0.459 e. The lowest BCUT2D eigenvalue weighted by Gasteiger charge is -2.48. The first kappa shape index (κ1) is 22.0. The van der Waals surface area contributed by atoms with Gasteiger partial charge < -0.3 is 20.1 Å². The Balaban J connectivity index is 1.98. The Hall–Kier alpha value is -1.34. The first-order valence-corrected chi connectivity index (χ1v) is 10.4. The molecular formula is C20H38N4O3. The van der Waals surface area contributed by atoms with Crippen LogP contribution < -0.4 is 10.6 Å². The van der Waals surface area contributed by atoms with E-state index in [0.29, 0.717) is 5.96 Å². The van der Waals surface area contributed by atoms with E-state index in [1.807, 2.05) is 27.7 Å². The maximum atomic E-state index is 12.0. The highest BCUT2D eigenvalue weighted by Gasteiger charge is 2.38. The van der Waals surface area contributed by atoms with Gasteiger partial charge in [-0.05, 0) is 40.5 Å². The molecule has 2 rings (SSSR count). The summed E-state index contributed by atoms with van der Waals surface area (Å²) in [4.78, 5) is 19.0. The summed E-state index contributed by atoms with van der Waals surface area (Å²) >= 11 is 0. The lowest BCUT2D eigenvalue weighted by Crippen LogP contribution is -2.60. The van der Waals surface area contributed by atoms with Crippen molar-refractivity contribution in [2.24, 2.45) is 4.99 Å². The number of aliphatic imine (C=N–C) groups is 1. The van der Waals surface area contributed by atoms with Crippen LogP contribution in [0.4, 0.5) is 0 Å². The van der Waals surface area contributed by atoms with Crippen LogP contribution in [-0.2, 0) is 14.3 Å². The van der Waals surface area contributed by atoms with Crippen molar-refractivity contribution in [1.82, 2.24) is 15.5 Å². The van der Waals surface area contributed by atoms with E-state index in [4.69, 9.17) is 9.47 Å². The number of rotatable bonds is 6. The van der Waals surface area contributed by atoms with Crippen LogP contribution in [0.25, 0.3) is 0 Å². The lowest BCUT2D eigenvalue weighted by atomic mass is 9.80. The molecule has 2 aliphatic rings. The van der Waals surface area contributed by atoms with Crippen LogP contribution in [-0.4, -0.2) is 73.9 Å². The van der Waals surface area contributed by atoms with Crippen LogP contribution in [0.15, 0.2) is 4.99 Å². The number of esters is 1. The first-order chi connectivity index (χ1) is 12.8. The molecule has 0 aromatic rings. The SMILES string of the molecule is CCNC(=NCC(=O)OC(C)(C)C)NCC1(N2CCOCC2)CCCCC1. The fraction of sp³-hybridized carbons (Fsp3) is 0.900. The van der Waals surface area contributed by atoms with E-state index in [-0.39, 0.29) is 18.1 Å². The molecule has 7 nitrogen and oxygen atoms in total. The number of guanidine groups is 1. The van der Waals surface area contributed by atoms with Crippen molar-refractivity contribution in [2.45, 2.75) is 70.9 Å². The minimum atomic E-state index is -0.485. The van der Waals surface area contributed by atoms with E-state index in [0.717, 1.165) is 39.4 Å². The fourth-order valence-corrected chi connectivity index (χ4v) is 3.96. The van der Waals surface area contributed by atoms with Gasteiger partial charge in [-0.3, -0.25) is 9.69 Å². The molecule has 0 atom stereocenters. The molecule has 1 aliphatic heterocycles. The highest BCUT2D eigenvalue weighted by atomic mass is 16.6. The molecule has 156 valence electrons. The van der Waals surface area contributed by atoms with Gasteiger partial charge in [0, 0.05) is 31.7 Å². The van der Waals surface area contributed by atoms with Crippen LogP contribution in [0.5, 0.6) is 0 Å². The molecule has 0 amide bonds. The number of nitrogens with one attached hydrogen (secondary N) is 2. The molecule has 0 spiro atoms. The van der Waals surface area contributed by atoms with Crippen molar-refractivity contribution in [3.63, 3.8) is 0 Å². The first-order valence-electron chi connectivity index (χ1n) is 10.4. The van der Waals surface area contributed by atoms with Crippen molar-refractivity contribution in [2.75, 3.05) is 45.9 Å². The maximum absolute atomic E-state index is 12.0. The van der Waals surface area contributed by atoms with E-state index in [1.54, 1.807) is 0 Å². The third kappa shape index (κ3) is 7.30. The van der Waals surface area contributed by atoms with Crippen molar-refractivity contribution >= 4 is 11.9 Å². The second kappa shape index (κ2) is 10.3. The summed E-state index contributed by atoms with van der Waals surface area (Å²) in [6, 6.07) is 0. The van der Waals surface area contributed by atoms with Gasteiger partial charge in [-0.25, -0.2) is 4.99 Å². The predicted molar refractivity (Wildman–Crippen MR) is 108 cm³/mol. The topological polar surface area (TPSA) is 75.2 Å². The number of nitrogens with zero attached hydrogens (tertiary/aromatic N) is 2. The average Bonchev–Trinajstić information content (AvgIpc) is 2.64. The minimum Gasteiger partial charge on any atom is -0.459 e. The van der Waals surface area contributed by atoms with E-state index in [1.165, 1.54) is 32.1 Å². The summed E-state index contributed by atoms with van der Waals surface area (Å²) in [6.07, 6.45) is 6.26. The highest BCUT2D eigenvalue weighted by molar-refractivity contribution is 5.83. The lowest BCUT2D eigenvalue weighted by molar-refractivity contribution is -0.152. The smallest absolute Gasteiger partial charge is 0.328 e. The number of carbonyl (C=O) groups excluding carboxylic acids is 1. The summed E-state index contributed by atoms with van der Waals surface area (Å²) < 4.78 is 10.9. The summed E-state index contributed by atoms with van der Waals surface area (Å²) in [7, 11) is 0. The van der Waals surface area contributed by atoms with E-state index in [9.17, 15) is 4.79 Å². The van der Waals surface area contributed by atoms with Crippen LogP contribution in [0.2, 0.25) is 0 Å². The van der Waals surface area contributed by atoms with Crippen LogP contribution in [0.1, 0.15) is 59.8 Å². The van der Waals surface area contributed by atoms with Crippen molar-refractivity contribution < 1.29 is 14.3 Å². The number of hydrogen-bond acceptors (Lipinski definition) is 5. The fourth-order valence-electron chi connectivity index (χ4n) is 3.96. The Labute approximate surface area is 164 Å². The van der Waals surface area contributed by atoms with Gasteiger partial charge >= 0.3 is 5.97 Å². The van der Waals surface area contributed by atoms with Crippen LogP contribution in [0.3, 0.4) is 0 Å². The molecule has 1 aliphatic carbocycles. The second-order valence-electron chi connectivity index (χ2n) is 8.52. The average molecular weight is 383 g/mol. The molecule has 2 fully saturated rings. The third-order valence-electron chi connectivity index (χ3n) is 5.18. The monoisotopic (exact) mass is 382 g/mol. The number of hydrogen-bond donors (Lipinski definition) is 2. The minimum absolute atomic E-state index is 0.0250. The summed E-state index contributed by atoms with van der Waals surface area (Å²) in [5.41, 5.74) is -0.328. The molecular weight excluding hydrogens is 344 g/mol. The Bertz CT molecular complexity index is 490. The molecule has 0 radical (unpaired) electrons. The van der Waals surface area contributed by atoms with E-state index >= 15 is 0 Å². The Morgan fingerprint density at radius 2 is 1.81 bits per heavy atom. The van der Waals surface area contributed by atoms with Gasteiger partial charge in [-0.2, -0.15) is 0 Å². The standard InChI is InChI=1S/C20H38N4O3/c1-5-21-18(22-15-17(25)27-19(2,3)4)23-16-20(9-7-6-8-10-20)24-11-13-26-14-12-24/h5-16H2,1-4H3,(H2,21,22,23). The molecule has 1 saturated carbocycles. The molecule has 1 heterocycles. The molecule has 0 unspecified atom stereocenters. The second-order valence-corrected chi connectivity index (χ2v) is 8.52. The highest BCUT2D eigenvalue weighted by Crippen LogP contribution is 2.33. The van der Waals surface area contributed by atoms with Gasteiger partial charge in [0.15, 0.2) is 5.96 Å². The number of morpholine rings is 1. The maximum Gasteiger partial charge on any atom is 0.328 e. The molecule has 27 heavy (non-hydrogen) atoms. The van der Waals surface area contributed by atoms with Gasteiger partial charge in [0.2, 0.25) is 0 Å². The zero-order chi connectivity index (χ0) is 19.8. The van der Waals surface area contributed by atoms with E-state index < -0.39 is 5.60 Å². The molecule has 1 saturated heterocycles. The molecule has 2 N–H and O–H groups in total. The zero-order valence-electron chi connectivity index (χ0n) is 17.6. The third-order valence-corrected chi connectivity index (χ3v) is 5.18. The summed E-state index contributed by atoms with van der Waals surface area (Å²) in [5, 5.41) is 6.74. The van der Waals surface area contributed by atoms with Gasteiger partial charge in [0.1, 0.15) is 12.1 Å². The van der Waals surface area contributed by atoms with E-state index in [2.05, 4.69) is 20.5 Å². The molecule has 0 aromatic heterocycles.